The number of unbranched alkanes of at least 4 members (excludes halogenated alkanes) is 1. The maximum Gasteiger partial charge on any atom is 0.416 e. The quantitative estimate of drug-likeness (QED) is 0.691. The van der Waals surface area contributed by atoms with Crippen molar-refractivity contribution in [3.05, 3.63) is 35.4 Å². The molecule has 1 aromatic carbocycles. The molecular formula is C17H30F3N. The van der Waals surface area contributed by atoms with Gasteiger partial charge in [0.25, 0.3) is 0 Å². The van der Waals surface area contributed by atoms with Crippen molar-refractivity contribution >= 4 is 0 Å². The van der Waals surface area contributed by atoms with Crippen LogP contribution in [0.3, 0.4) is 0 Å². The zero-order chi connectivity index (χ0) is 16.9. The molecule has 0 heterocycles. The molecule has 0 radical (unpaired) electrons. The van der Waals surface area contributed by atoms with Crippen LogP contribution in [0, 0.1) is 6.92 Å². The molecule has 1 rings (SSSR count). The van der Waals surface area contributed by atoms with Crippen LogP contribution in [0.25, 0.3) is 0 Å². The average Bonchev–Trinajstić information content (AvgIpc) is 2.41. The largest absolute Gasteiger partial charge is 0.416 e. The Balaban J connectivity index is 0. The second kappa shape index (κ2) is 12.7. The van der Waals surface area contributed by atoms with Crippen LogP contribution in [0.4, 0.5) is 13.2 Å². The van der Waals surface area contributed by atoms with Crippen LogP contribution >= 0.6 is 0 Å². The molecule has 0 spiro atoms. The Morgan fingerprint density at radius 1 is 1.14 bits per heavy atom. The number of rotatable bonds is 4. The van der Waals surface area contributed by atoms with Crippen molar-refractivity contribution in [2.45, 2.75) is 66.6 Å². The van der Waals surface area contributed by atoms with E-state index in [0.29, 0.717) is 11.6 Å². The second-order valence-electron chi connectivity index (χ2n) is 4.83. The van der Waals surface area contributed by atoms with Gasteiger partial charge in [-0.3, -0.25) is 0 Å². The number of benzene rings is 1. The van der Waals surface area contributed by atoms with E-state index in [9.17, 15) is 13.2 Å². The average molecular weight is 305 g/mol. The van der Waals surface area contributed by atoms with E-state index in [4.69, 9.17) is 0 Å². The number of nitrogens with one attached hydrogen (secondary N) is 1. The minimum absolute atomic E-state index is 0.586. The fourth-order valence-corrected chi connectivity index (χ4v) is 1.39. The van der Waals surface area contributed by atoms with Gasteiger partial charge in [-0.15, -0.1) is 0 Å². The Labute approximate surface area is 128 Å². The first kappa shape index (κ1) is 22.3. The summed E-state index contributed by atoms with van der Waals surface area (Å²) >= 11 is 0. The first-order valence-corrected chi connectivity index (χ1v) is 7.64. The molecule has 0 saturated heterocycles. The lowest BCUT2D eigenvalue weighted by molar-refractivity contribution is -0.137. The summed E-state index contributed by atoms with van der Waals surface area (Å²) in [7, 11) is 0. The molecule has 0 amide bonds. The van der Waals surface area contributed by atoms with Crippen molar-refractivity contribution in [1.29, 1.82) is 0 Å². The zero-order valence-corrected chi connectivity index (χ0v) is 14.1. The highest BCUT2D eigenvalue weighted by Crippen LogP contribution is 2.29. The lowest BCUT2D eigenvalue weighted by Crippen LogP contribution is -2.23. The summed E-state index contributed by atoms with van der Waals surface area (Å²) in [6, 6.07) is 5.88. The van der Waals surface area contributed by atoms with Gasteiger partial charge in [-0.1, -0.05) is 64.8 Å². The fourth-order valence-electron chi connectivity index (χ4n) is 1.39. The molecule has 21 heavy (non-hydrogen) atoms. The third-order valence-corrected chi connectivity index (χ3v) is 2.43. The highest BCUT2D eigenvalue weighted by Gasteiger charge is 2.29. The molecule has 1 N–H and O–H groups in total. The summed E-state index contributed by atoms with van der Waals surface area (Å²) in [5.41, 5.74) is 0.0392. The first-order chi connectivity index (χ1) is 9.77. The number of hydrogen-bond acceptors (Lipinski definition) is 1. The third-order valence-electron chi connectivity index (χ3n) is 2.43. The summed E-state index contributed by atoms with van der Waals surface area (Å²) in [6.45, 7) is 13.4. The van der Waals surface area contributed by atoms with Crippen LogP contribution in [0.1, 0.15) is 58.6 Å². The van der Waals surface area contributed by atoms with Gasteiger partial charge in [-0.05, 0) is 26.0 Å². The Hall–Kier alpha value is -1.03. The van der Waals surface area contributed by atoms with E-state index in [2.05, 4.69) is 26.1 Å². The smallest absolute Gasteiger partial charge is 0.315 e. The van der Waals surface area contributed by atoms with Crippen LogP contribution in [0.2, 0.25) is 0 Å². The van der Waals surface area contributed by atoms with Gasteiger partial charge in [0.2, 0.25) is 0 Å². The van der Waals surface area contributed by atoms with Gasteiger partial charge in [-0.2, -0.15) is 13.2 Å². The molecular weight excluding hydrogens is 275 g/mol. The minimum Gasteiger partial charge on any atom is -0.315 e. The normalized spacial score (nSPS) is 10.4. The second-order valence-corrected chi connectivity index (χ2v) is 4.83. The Kier molecular flexibility index (Phi) is 13.4. The predicted octanol–water partition coefficient (Wildman–Crippen LogP) is 5.82. The van der Waals surface area contributed by atoms with Gasteiger partial charge < -0.3 is 5.32 Å². The van der Waals surface area contributed by atoms with E-state index in [-0.39, 0.29) is 0 Å². The van der Waals surface area contributed by atoms with E-state index in [1.807, 2.05) is 13.8 Å². The maximum absolute atomic E-state index is 12.0. The molecule has 0 unspecified atom stereocenters. The fraction of sp³-hybridized carbons (Fsp3) is 0.647. The Morgan fingerprint density at radius 3 is 2.05 bits per heavy atom. The van der Waals surface area contributed by atoms with Crippen LogP contribution in [-0.2, 0) is 6.18 Å². The molecule has 0 fully saturated rings. The number of aryl methyl sites for hydroxylation is 1. The lowest BCUT2D eigenvalue weighted by Gasteiger charge is -2.05. The highest BCUT2D eigenvalue weighted by atomic mass is 19.4. The summed E-state index contributed by atoms with van der Waals surface area (Å²) in [6.07, 6.45) is -1.62. The molecule has 124 valence electrons. The van der Waals surface area contributed by atoms with E-state index in [0.717, 1.165) is 12.1 Å². The molecule has 0 aliphatic heterocycles. The summed E-state index contributed by atoms with van der Waals surface area (Å²) in [4.78, 5) is 0. The highest BCUT2D eigenvalue weighted by molar-refractivity contribution is 5.24. The molecule has 1 aromatic rings. The van der Waals surface area contributed by atoms with Gasteiger partial charge in [-0.25, -0.2) is 0 Å². The Morgan fingerprint density at radius 2 is 1.71 bits per heavy atom. The van der Waals surface area contributed by atoms with E-state index < -0.39 is 11.7 Å². The minimum atomic E-state index is -4.22. The van der Waals surface area contributed by atoms with Gasteiger partial charge in [0.15, 0.2) is 0 Å². The predicted molar refractivity (Wildman–Crippen MR) is 85.6 cm³/mol. The van der Waals surface area contributed by atoms with Crippen molar-refractivity contribution < 1.29 is 13.2 Å². The summed E-state index contributed by atoms with van der Waals surface area (Å²) in [5.74, 6) is 0. The number of hydrogen-bond donors (Lipinski definition) is 1. The SMILES string of the molecule is CC.CCCCNC(C)C.Cc1cccc(C(F)(F)F)c1. The van der Waals surface area contributed by atoms with Crippen molar-refractivity contribution in [2.24, 2.45) is 0 Å². The van der Waals surface area contributed by atoms with Crippen LogP contribution in [0.5, 0.6) is 0 Å². The van der Waals surface area contributed by atoms with Crippen LogP contribution in [-0.4, -0.2) is 12.6 Å². The third kappa shape index (κ3) is 13.7. The van der Waals surface area contributed by atoms with Crippen LogP contribution in [0.15, 0.2) is 24.3 Å². The molecule has 0 atom stereocenters. The van der Waals surface area contributed by atoms with Crippen molar-refractivity contribution in [3.8, 4) is 0 Å². The molecule has 4 heteroatoms. The van der Waals surface area contributed by atoms with E-state index in [1.54, 1.807) is 13.0 Å². The molecule has 0 saturated carbocycles. The van der Waals surface area contributed by atoms with Crippen molar-refractivity contribution in [1.82, 2.24) is 5.32 Å². The molecule has 0 aliphatic carbocycles. The van der Waals surface area contributed by atoms with Crippen molar-refractivity contribution in [3.63, 3.8) is 0 Å². The van der Waals surface area contributed by atoms with Gasteiger partial charge in [0.1, 0.15) is 0 Å². The van der Waals surface area contributed by atoms with E-state index in [1.165, 1.54) is 25.5 Å². The van der Waals surface area contributed by atoms with Gasteiger partial charge in [0.05, 0.1) is 5.56 Å². The zero-order valence-electron chi connectivity index (χ0n) is 14.1. The van der Waals surface area contributed by atoms with Gasteiger partial charge >= 0.3 is 6.18 Å². The maximum atomic E-state index is 12.0. The summed E-state index contributed by atoms with van der Waals surface area (Å²) < 4.78 is 35.9. The molecule has 0 bridgehead atoms. The first-order valence-electron chi connectivity index (χ1n) is 7.64. The lowest BCUT2D eigenvalue weighted by atomic mass is 10.1. The van der Waals surface area contributed by atoms with Crippen molar-refractivity contribution in [2.75, 3.05) is 6.54 Å². The number of halogens is 3. The standard InChI is InChI=1S/C8H7F3.C7H17N.C2H6/c1-6-3-2-4-7(5-6)8(9,10)11;1-4-5-6-8-7(2)3;1-2/h2-5H,1H3;7-8H,4-6H2,1-3H3;1-2H3. The van der Waals surface area contributed by atoms with Gasteiger partial charge in [0, 0.05) is 6.04 Å². The summed E-state index contributed by atoms with van der Waals surface area (Å²) in [5, 5.41) is 3.35. The topological polar surface area (TPSA) is 12.0 Å². The monoisotopic (exact) mass is 305 g/mol. The Bertz CT molecular complexity index is 346. The molecule has 1 nitrogen and oxygen atoms in total. The molecule has 0 aliphatic rings. The van der Waals surface area contributed by atoms with E-state index >= 15 is 0 Å². The van der Waals surface area contributed by atoms with Crippen LogP contribution < -0.4 is 5.32 Å². The number of alkyl halides is 3. The molecule has 0 aromatic heterocycles.